The van der Waals surface area contributed by atoms with Crippen molar-refractivity contribution in [2.75, 3.05) is 26.0 Å². The first-order valence-corrected chi connectivity index (χ1v) is 10.1. The first-order chi connectivity index (χ1) is 9.69. The highest BCUT2D eigenvalue weighted by Gasteiger charge is 2.13. The number of hydrogen-bond acceptors (Lipinski definition) is 3. The highest BCUT2D eigenvalue weighted by Crippen LogP contribution is 2.36. The summed E-state index contributed by atoms with van der Waals surface area (Å²) >= 11 is 11.8. The quantitative estimate of drug-likeness (QED) is 0.543. The molecule has 4 nitrogen and oxygen atoms in total. The standard InChI is InChI=1S/C14H20Cl2NO3P/c1-11(18)17(7-4-8-21(2,3)19)20-10-12-5-6-13(15)14(16)9-12/h5-6,9H,4,7-8,10H2,1-3H3. The summed E-state index contributed by atoms with van der Waals surface area (Å²) in [4.78, 5) is 17.0. The highest BCUT2D eigenvalue weighted by atomic mass is 35.5. The van der Waals surface area contributed by atoms with Crippen molar-refractivity contribution in [1.29, 1.82) is 0 Å². The molecule has 118 valence electrons. The molecule has 1 rings (SSSR count). The number of nitrogens with zero attached hydrogens (tertiary/aromatic N) is 1. The molecule has 21 heavy (non-hydrogen) atoms. The van der Waals surface area contributed by atoms with Gasteiger partial charge in [-0.3, -0.25) is 9.63 Å². The number of benzene rings is 1. The summed E-state index contributed by atoms with van der Waals surface area (Å²) < 4.78 is 11.6. The predicted molar refractivity (Wildman–Crippen MR) is 87.6 cm³/mol. The zero-order valence-corrected chi connectivity index (χ0v) is 14.8. The molecule has 0 atom stereocenters. The van der Waals surface area contributed by atoms with Crippen LogP contribution in [0.1, 0.15) is 18.9 Å². The van der Waals surface area contributed by atoms with Crippen molar-refractivity contribution in [3.8, 4) is 0 Å². The first kappa shape index (κ1) is 18.5. The van der Waals surface area contributed by atoms with E-state index in [9.17, 15) is 9.36 Å². The molecule has 1 aromatic rings. The molecule has 0 spiro atoms. The van der Waals surface area contributed by atoms with E-state index in [1.54, 1.807) is 31.5 Å². The Morgan fingerprint density at radius 2 is 1.95 bits per heavy atom. The van der Waals surface area contributed by atoms with Gasteiger partial charge in [-0.05, 0) is 37.4 Å². The molecule has 1 aromatic carbocycles. The average molecular weight is 352 g/mol. The lowest BCUT2D eigenvalue weighted by molar-refractivity contribution is -0.189. The van der Waals surface area contributed by atoms with Crippen LogP contribution in [0.2, 0.25) is 10.0 Å². The van der Waals surface area contributed by atoms with Crippen molar-refractivity contribution in [3.63, 3.8) is 0 Å². The van der Waals surface area contributed by atoms with Crippen LogP contribution in [0.25, 0.3) is 0 Å². The van der Waals surface area contributed by atoms with E-state index < -0.39 is 7.14 Å². The van der Waals surface area contributed by atoms with Crippen LogP contribution in [-0.4, -0.2) is 37.0 Å². The Bertz CT molecular complexity index is 545. The molecule has 0 saturated heterocycles. The monoisotopic (exact) mass is 351 g/mol. The number of amides is 1. The van der Waals surface area contributed by atoms with Crippen LogP contribution in [0, 0.1) is 0 Å². The molecule has 1 amide bonds. The molecule has 0 bridgehead atoms. The molecule has 7 heteroatoms. The van der Waals surface area contributed by atoms with Gasteiger partial charge in [-0.25, -0.2) is 5.06 Å². The minimum Gasteiger partial charge on any atom is -0.324 e. The molecule has 0 heterocycles. The molecule has 0 fully saturated rings. The minimum atomic E-state index is -2.07. The van der Waals surface area contributed by atoms with E-state index >= 15 is 0 Å². The molecule has 0 aromatic heterocycles. The fourth-order valence-corrected chi connectivity index (χ4v) is 2.91. The second-order valence-electron chi connectivity index (χ2n) is 5.29. The van der Waals surface area contributed by atoms with Gasteiger partial charge in [-0.2, -0.15) is 0 Å². The summed E-state index contributed by atoms with van der Waals surface area (Å²) in [5, 5.41) is 2.22. The van der Waals surface area contributed by atoms with E-state index in [0.717, 1.165) is 5.56 Å². The molecule has 0 saturated carbocycles. The Morgan fingerprint density at radius 1 is 1.29 bits per heavy atom. The van der Waals surface area contributed by atoms with Gasteiger partial charge in [0.2, 0.25) is 5.91 Å². The van der Waals surface area contributed by atoms with Crippen LogP contribution >= 0.6 is 30.3 Å². The molecule has 0 radical (unpaired) electrons. The number of carbonyl (C=O) groups is 1. The maximum Gasteiger partial charge on any atom is 0.243 e. The highest BCUT2D eigenvalue weighted by molar-refractivity contribution is 7.62. The maximum atomic E-state index is 11.6. The van der Waals surface area contributed by atoms with Gasteiger partial charge in [0.15, 0.2) is 0 Å². The lowest BCUT2D eigenvalue weighted by atomic mass is 10.2. The van der Waals surface area contributed by atoms with Gasteiger partial charge in [-0.15, -0.1) is 0 Å². The zero-order chi connectivity index (χ0) is 16.0. The Balaban J connectivity index is 2.52. The Kier molecular flexibility index (Phi) is 7.22. The van der Waals surface area contributed by atoms with Crippen molar-refractivity contribution in [3.05, 3.63) is 33.8 Å². The van der Waals surface area contributed by atoms with E-state index in [0.29, 0.717) is 29.2 Å². The lowest BCUT2D eigenvalue weighted by Gasteiger charge is -2.21. The largest absolute Gasteiger partial charge is 0.324 e. The second-order valence-corrected chi connectivity index (χ2v) is 9.70. The third-order valence-electron chi connectivity index (χ3n) is 2.78. The van der Waals surface area contributed by atoms with Crippen LogP contribution in [0.3, 0.4) is 0 Å². The number of hydrogen-bond donors (Lipinski definition) is 0. The van der Waals surface area contributed by atoms with Crippen LogP contribution in [-0.2, 0) is 20.8 Å². The van der Waals surface area contributed by atoms with Gasteiger partial charge in [0.05, 0.1) is 17.2 Å². The third-order valence-corrected chi connectivity index (χ3v) is 4.91. The topological polar surface area (TPSA) is 46.6 Å². The van der Waals surface area contributed by atoms with E-state index in [2.05, 4.69) is 0 Å². The summed E-state index contributed by atoms with van der Waals surface area (Å²) in [5.74, 6) is -0.183. The fraction of sp³-hybridized carbons (Fsp3) is 0.500. The van der Waals surface area contributed by atoms with Crippen molar-refractivity contribution in [2.45, 2.75) is 20.0 Å². The minimum absolute atomic E-state index is 0.183. The Morgan fingerprint density at radius 3 is 2.48 bits per heavy atom. The molecule has 0 aliphatic heterocycles. The molecule has 0 N–H and O–H groups in total. The van der Waals surface area contributed by atoms with Gasteiger partial charge >= 0.3 is 0 Å². The van der Waals surface area contributed by atoms with Gasteiger partial charge < -0.3 is 4.57 Å². The molecular formula is C14H20Cl2NO3P. The fourth-order valence-electron chi connectivity index (χ4n) is 1.69. The lowest BCUT2D eigenvalue weighted by Crippen LogP contribution is -2.30. The van der Waals surface area contributed by atoms with E-state index in [1.165, 1.54) is 12.0 Å². The number of carbonyl (C=O) groups excluding carboxylic acids is 1. The summed E-state index contributed by atoms with van der Waals surface area (Å²) in [6.45, 7) is 5.56. The van der Waals surface area contributed by atoms with Crippen molar-refractivity contribution in [2.24, 2.45) is 0 Å². The third kappa shape index (κ3) is 7.32. The average Bonchev–Trinajstić information content (AvgIpc) is 2.35. The Labute approximate surface area is 135 Å². The van der Waals surface area contributed by atoms with E-state index in [4.69, 9.17) is 28.0 Å². The summed E-state index contributed by atoms with van der Waals surface area (Å²) in [7, 11) is -2.07. The van der Waals surface area contributed by atoms with Crippen LogP contribution in [0.15, 0.2) is 18.2 Å². The van der Waals surface area contributed by atoms with Crippen LogP contribution in [0.4, 0.5) is 0 Å². The number of hydroxylamine groups is 2. The smallest absolute Gasteiger partial charge is 0.243 e. The summed E-state index contributed by atoms with van der Waals surface area (Å²) in [6, 6.07) is 5.18. The van der Waals surface area contributed by atoms with Crippen molar-refractivity contribution < 1.29 is 14.2 Å². The molecule has 0 unspecified atom stereocenters. The SMILES string of the molecule is CC(=O)N(CCCP(C)(C)=O)OCc1ccc(Cl)c(Cl)c1. The summed E-state index contributed by atoms with van der Waals surface area (Å²) in [6.07, 6.45) is 1.23. The van der Waals surface area contributed by atoms with Gasteiger partial charge in [0.25, 0.3) is 0 Å². The summed E-state index contributed by atoms with van der Waals surface area (Å²) in [5.41, 5.74) is 0.826. The first-order valence-electron chi connectivity index (χ1n) is 6.58. The number of halogens is 2. The molecular weight excluding hydrogens is 332 g/mol. The van der Waals surface area contributed by atoms with Crippen molar-refractivity contribution in [1.82, 2.24) is 5.06 Å². The molecule has 0 aliphatic carbocycles. The van der Waals surface area contributed by atoms with Crippen LogP contribution < -0.4 is 0 Å². The predicted octanol–water partition coefficient (Wildman–Crippen LogP) is 4.29. The molecule has 0 aliphatic rings. The van der Waals surface area contributed by atoms with E-state index in [1.807, 2.05) is 0 Å². The second kappa shape index (κ2) is 8.19. The van der Waals surface area contributed by atoms with Gasteiger partial charge in [0.1, 0.15) is 6.61 Å². The van der Waals surface area contributed by atoms with Crippen molar-refractivity contribution >= 4 is 36.3 Å². The van der Waals surface area contributed by atoms with E-state index in [-0.39, 0.29) is 12.5 Å². The van der Waals surface area contributed by atoms with Gasteiger partial charge in [-0.1, -0.05) is 29.3 Å². The normalized spacial score (nSPS) is 11.5. The zero-order valence-electron chi connectivity index (χ0n) is 12.4. The maximum absolute atomic E-state index is 11.6. The Hall–Kier alpha value is -0.540. The van der Waals surface area contributed by atoms with Crippen LogP contribution in [0.5, 0.6) is 0 Å². The van der Waals surface area contributed by atoms with Gasteiger partial charge in [0, 0.05) is 19.6 Å². The number of rotatable bonds is 7.